The van der Waals surface area contributed by atoms with Crippen LogP contribution >= 0.6 is 11.6 Å². The smallest absolute Gasteiger partial charge is 0.246 e. The maximum Gasteiger partial charge on any atom is 0.246 e. The molecule has 0 aliphatic heterocycles. The van der Waals surface area contributed by atoms with Gasteiger partial charge in [-0.15, -0.1) is 0 Å². The number of hydrogen-bond acceptors (Lipinski definition) is 3. The Hall–Kier alpha value is -2.67. The van der Waals surface area contributed by atoms with Gasteiger partial charge in [-0.1, -0.05) is 29.8 Å². The molecule has 130 valence electrons. The summed E-state index contributed by atoms with van der Waals surface area (Å²) in [6.45, 7) is 3.97. The SMILES string of the molecule is Cc1nn(Cc2ccccc2F)c(C)c1NC(=O)Cn1cc(Cl)cn1. The van der Waals surface area contributed by atoms with Crippen LogP contribution < -0.4 is 5.32 Å². The summed E-state index contributed by atoms with van der Waals surface area (Å²) in [6.07, 6.45) is 3.04. The first-order valence-corrected chi connectivity index (χ1v) is 8.07. The summed E-state index contributed by atoms with van der Waals surface area (Å²) in [5.41, 5.74) is 2.59. The van der Waals surface area contributed by atoms with Crippen LogP contribution in [0.4, 0.5) is 10.1 Å². The van der Waals surface area contributed by atoms with Crippen LogP contribution in [-0.2, 0) is 17.9 Å². The largest absolute Gasteiger partial charge is 0.321 e. The lowest BCUT2D eigenvalue weighted by atomic mass is 10.2. The maximum absolute atomic E-state index is 13.8. The highest BCUT2D eigenvalue weighted by atomic mass is 35.5. The Morgan fingerprint density at radius 1 is 1.32 bits per heavy atom. The molecule has 0 bridgehead atoms. The van der Waals surface area contributed by atoms with E-state index in [4.69, 9.17) is 11.6 Å². The topological polar surface area (TPSA) is 64.7 Å². The molecule has 0 saturated heterocycles. The van der Waals surface area contributed by atoms with Gasteiger partial charge >= 0.3 is 0 Å². The van der Waals surface area contributed by atoms with Crippen molar-refractivity contribution >= 4 is 23.2 Å². The lowest BCUT2D eigenvalue weighted by molar-refractivity contribution is -0.116. The van der Waals surface area contributed by atoms with Crippen LogP contribution in [0.25, 0.3) is 0 Å². The summed E-state index contributed by atoms with van der Waals surface area (Å²) >= 11 is 5.79. The second-order valence-electron chi connectivity index (χ2n) is 5.70. The lowest BCUT2D eigenvalue weighted by Crippen LogP contribution is -2.19. The van der Waals surface area contributed by atoms with Crippen molar-refractivity contribution < 1.29 is 9.18 Å². The van der Waals surface area contributed by atoms with Gasteiger partial charge in [0.2, 0.25) is 5.91 Å². The number of benzene rings is 1. The van der Waals surface area contributed by atoms with E-state index in [1.165, 1.54) is 16.9 Å². The molecule has 1 aromatic carbocycles. The first-order chi connectivity index (χ1) is 11.9. The summed E-state index contributed by atoms with van der Waals surface area (Å²) in [6, 6.07) is 6.56. The van der Waals surface area contributed by atoms with Crippen molar-refractivity contribution in [1.82, 2.24) is 19.6 Å². The highest BCUT2D eigenvalue weighted by Crippen LogP contribution is 2.21. The molecule has 25 heavy (non-hydrogen) atoms. The van der Waals surface area contributed by atoms with Gasteiger partial charge in [0.25, 0.3) is 0 Å². The normalized spacial score (nSPS) is 10.9. The summed E-state index contributed by atoms with van der Waals surface area (Å²) in [7, 11) is 0. The van der Waals surface area contributed by atoms with Crippen LogP contribution in [0.5, 0.6) is 0 Å². The first-order valence-electron chi connectivity index (χ1n) is 7.69. The number of carbonyl (C=O) groups excluding carboxylic acids is 1. The van der Waals surface area contributed by atoms with Crippen molar-refractivity contribution in [3.05, 3.63) is 64.5 Å². The average Bonchev–Trinajstić information content (AvgIpc) is 3.08. The van der Waals surface area contributed by atoms with Crippen molar-refractivity contribution in [2.45, 2.75) is 26.9 Å². The van der Waals surface area contributed by atoms with E-state index in [9.17, 15) is 9.18 Å². The van der Waals surface area contributed by atoms with Gasteiger partial charge in [0.15, 0.2) is 0 Å². The van der Waals surface area contributed by atoms with Gasteiger partial charge in [0.05, 0.1) is 34.8 Å². The van der Waals surface area contributed by atoms with Crippen molar-refractivity contribution in [2.75, 3.05) is 5.32 Å². The van der Waals surface area contributed by atoms with E-state index < -0.39 is 0 Å². The van der Waals surface area contributed by atoms with Crippen molar-refractivity contribution in [3.8, 4) is 0 Å². The zero-order chi connectivity index (χ0) is 18.0. The van der Waals surface area contributed by atoms with Gasteiger partial charge in [-0.05, 0) is 19.9 Å². The van der Waals surface area contributed by atoms with Crippen LogP contribution in [0.3, 0.4) is 0 Å². The van der Waals surface area contributed by atoms with E-state index in [-0.39, 0.29) is 18.3 Å². The quantitative estimate of drug-likeness (QED) is 0.759. The summed E-state index contributed by atoms with van der Waals surface area (Å²) in [4.78, 5) is 12.2. The highest BCUT2D eigenvalue weighted by molar-refractivity contribution is 6.30. The van der Waals surface area contributed by atoms with E-state index in [1.807, 2.05) is 6.92 Å². The highest BCUT2D eigenvalue weighted by Gasteiger charge is 2.15. The molecule has 1 amide bonds. The van der Waals surface area contributed by atoms with Crippen molar-refractivity contribution in [1.29, 1.82) is 0 Å². The predicted molar refractivity (Wildman–Crippen MR) is 93.1 cm³/mol. The molecule has 0 radical (unpaired) electrons. The van der Waals surface area contributed by atoms with Gasteiger partial charge in [0.1, 0.15) is 12.4 Å². The number of aryl methyl sites for hydroxylation is 1. The van der Waals surface area contributed by atoms with Crippen LogP contribution in [0, 0.1) is 19.7 Å². The minimum Gasteiger partial charge on any atom is -0.321 e. The average molecular weight is 362 g/mol. The Labute approximate surface area is 149 Å². The summed E-state index contributed by atoms with van der Waals surface area (Å²) in [5.74, 6) is -0.521. The number of aromatic nitrogens is 4. The molecule has 2 aromatic heterocycles. The Kier molecular flexibility index (Phi) is 4.85. The van der Waals surface area contributed by atoms with Gasteiger partial charge < -0.3 is 5.32 Å². The number of halogens is 2. The summed E-state index contributed by atoms with van der Waals surface area (Å²) in [5, 5.41) is 11.7. The molecule has 0 spiro atoms. The maximum atomic E-state index is 13.8. The van der Waals surface area contributed by atoms with Crippen LogP contribution in [0.1, 0.15) is 17.0 Å². The molecule has 0 aliphatic rings. The Bertz CT molecular complexity index is 918. The fourth-order valence-corrected chi connectivity index (χ4v) is 2.73. The Morgan fingerprint density at radius 2 is 2.08 bits per heavy atom. The molecule has 3 aromatic rings. The van der Waals surface area contributed by atoms with Gasteiger partial charge in [0, 0.05) is 11.8 Å². The van der Waals surface area contributed by atoms with E-state index in [0.29, 0.717) is 28.5 Å². The number of anilines is 1. The standard InChI is InChI=1S/C17H17ClFN5O/c1-11-17(21-16(25)10-23-9-14(18)7-20-23)12(2)24(22-11)8-13-5-3-4-6-15(13)19/h3-7,9H,8,10H2,1-2H3,(H,21,25). The fraction of sp³-hybridized carbons (Fsp3) is 0.235. The minimum absolute atomic E-state index is 0.0457. The number of rotatable bonds is 5. The van der Waals surface area contributed by atoms with E-state index >= 15 is 0 Å². The first kappa shape index (κ1) is 17.2. The van der Waals surface area contributed by atoms with Gasteiger partial charge in [-0.25, -0.2) is 4.39 Å². The Morgan fingerprint density at radius 3 is 2.76 bits per heavy atom. The molecule has 1 N–H and O–H groups in total. The third-order valence-electron chi connectivity index (χ3n) is 3.83. The zero-order valence-corrected chi connectivity index (χ0v) is 14.6. The molecule has 8 heteroatoms. The molecule has 0 saturated carbocycles. The summed E-state index contributed by atoms with van der Waals surface area (Å²) < 4.78 is 17.0. The van der Waals surface area contributed by atoms with Crippen molar-refractivity contribution in [2.24, 2.45) is 0 Å². The second-order valence-corrected chi connectivity index (χ2v) is 6.14. The Balaban J connectivity index is 1.75. The second kappa shape index (κ2) is 7.06. The molecule has 0 atom stereocenters. The number of carbonyl (C=O) groups is 1. The monoisotopic (exact) mass is 361 g/mol. The molecule has 3 rings (SSSR count). The molecule has 2 heterocycles. The number of nitrogens with one attached hydrogen (secondary N) is 1. The number of hydrogen-bond donors (Lipinski definition) is 1. The molecule has 0 aliphatic carbocycles. The number of nitrogens with zero attached hydrogens (tertiary/aromatic N) is 4. The minimum atomic E-state index is -0.281. The fourth-order valence-electron chi connectivity index (χ4n) is 2.57. The van der Waals surface area contributed by atoms with Gasteiger partial charge in [-0.2, -0.15) is 10.2 Å². The molecular weight excluding hydrogens is 345 g/mol. The lowest BCUT2D eigenvalue weighted by Gasteiger charge is -2.08. The predicted octanol–water partition coefficient (Wildman–Crippen LogP) is 3.18. The van der Waals surface area contributed by atoms with E-state index in [2.05, 4.69) is 15.5 Å². The molecule has 6 nitrogen and oxygen atoms in total. The molecule has 0 fully saturated rings. The molecular formula is C17H17ClFN5O. The van der Waals surface area contributed by atoms with Gasteiger partial charge in [-0.3, -0.25) is 14.2 Å². The zero-order valence-electron chi connectivity index (χ0n) is 13.8. The van der Waals surface area contributed by atoms with Crippen LogP contribution in [0.15, 0.2) is 36.7 Å². The molecule has 0 unspecified atom stereocenters. The van der Waals surface area contributed by atoms with Crippen LogP contribution in [0.2, 0.25) is 5.02 Å². The number of amides is 1. The van der Waals surface area contributed by atoms with Crippen LogP contribution in [-0.4, -0.2) is 25.5 Å². The van der Waals surface area contributed by atoms with Crippen molar-refractivity contribution in [3.63, 3.8) is 0 Å². The third kappa shape index (κ3) is 3.88. The third-order valence-corrected chi connectivity index (χ3v) is 4.03. The van der Waals surface area contributed by atoms with E-state index in [0.717, 1.165) is 5.69 Å². The van der Waals surface area contributed by atoms with E-state index in [1.54, 1.807) is 36.0 Å².